The fourth-order valence-electron chi connectivity index (χ4n) is 3.40. The number of hydrogen-bond donors (Lipinski definition) is 0. The fourth-order valence-corrected chi connectivity index (χ4v) is 3.40. The van der Waals surface area contributed by atoms with E-state index < -0.39 is 47.5 Å². The number of fused-ring (bicyclic) bond motifs is 1. The molecule has 2 saturated heterocycles. The molecular formula is C21H27NO7. The number of carbonyl (C=O) groups excluding carboxylic acids is 3. The van der Waals surface area contributed by atoms with Crippen molar-refractivity contribution < 1.29 is 33.4 Å². The van der Waals surface area contributed by atoms with Crippen LogP contribution in [0.3, 0.4) is 0 Å². The molecule has 0 spiro atoms. The molecule has 1 aromatic rings. The van der Waals surface area contributed by atoms with Gasteiger partial charge in [0.1, 0.15) is 24.7 Å². The number of esters is 3. The minimum Gasteiger partial charge on any atom is -0.465 e. The molecule has 1 aromatic carbocycles. The fraction of sp³-hybridized carbons (Fsp3) is 0.571. The lowest BCUT2D eigenvalue weighted by molar-refractivity contribution is -0.207. The van der Waals surface area contributed by atoms with Crippen LogP contribution in [0, 0.1) is 11.3 Å². The maximum Gasteiger partial charge on any atom is 0.326 e. The second-order valence-corrected chi connectivity index (χ2v) is 8.18. The Morgan fingerprint density at radius 2 is 1.83 bits per heavy atom. The molecule has 0 N–H and O–H groups in total. The molecule has 0 bridgehead atoms. The minimum atomic E-state index is -0.920. The van der Waals surface area contributed by atoms with Crippen molar-refractivity contribution >= 4 is 17.9 Å². The number of cyclic esters (lactones) is 1. The Hall–Kier alpha value is -2.45. The van der Waals surface area contributed by atoms with Crippen LogP contribution in [0.25, 0.3) is 0 Å². The predicted molar refractivity (Wildman–Crippen MR) is 101 cm³/mol. The molecule has 0 saturated carbocycles. The molecule has 2 fully saturated rings. The average molecular weight is 405 g/mol. The Labute approximate surface area is 170 Å². The zero-order valence-corrected chi connectivity index (χ0v) is 17.1. The smallest absolute Gasteiger partial charge is 0.326 e. The summed E-state index contributed by atoms with van der Waals surface area (Å²) in [5.74, 6) is -2.34. The molecule has 4 atom stereocenters. The van der Waals surface area contributed by atoms with E-state index in [-0.39, 0.29) is 13.2 Å². The number of hydrogen-bond acceptors (Lipinski definition) is 8. The highest BCUT2D eigenvalue weighted by Gasteiger charge is 2.60. The summed E-state index contributed by atoms with van der Waals surface area (Å²) in [5, 5.41) is 1.47. The zero-order chi connectivity index (χ0) is 21.2. The molecule has 0 aromatic heterocycles. The molecule has 29 heavy (non-hydrogen) atoms. The van der Waals surface area contributed by atoms with Crippen LogP contribution >= 0.6 is 0 Å². The Balaban J connectivity index is 1.77. The van der Waals surface area contributed by atoms with E-state index in [0.29, 0.717) is 6.54 Å². The first-order chi connectivity index (χ1) is 13.7. The summed E-state index contributed by atoms with van der Waals surface area (Å²) in [6.45, 7) is 7.29. The van der Waals surface area contributed by atoms with Crippen molar-refractivity contribution in [2.75, 3.05) is 13.2 Å². The monoisotopic (exact) mass is 405 g/mol. The highest BCUT2D eigenvalue weighted by molar-refractivity contribution is 5.87. The average Bonchev–Trinajstić information content (AvgIpc) is 3.17. The molecule has 3 rings (SSSR count). The standard InChI is InChI=1S/C21H27NO7/c1-5-26-19(24)16-15-17(29-22(16)11-13-9-7-6-8-10-13)14(28-18(15)23)12-27-20(25)21(2,3)4/h6-10,14-17H,5,11-12H2,1-4H3/t14-,15-,16+,17-/m1/s1. The summed E-state index contributed by atoms with van der Waals surface area (Å²) in [4.78, 5) is 43.2. The van der Waals surface area contributed by atoms with Crippen LogP contribution in [-0.4, -0.2) is 54.4 Å². The van der Waals surface area contributed by atoms with Gasteiger partial charge in [-0.15, -0.1) is 0 Å². The van der Waals surface area contributed by atoms with Crippen LogP contribution in [0.2, 0.25) is 0 Å². The number of carbonyl (C=O) groups is 3. The van der Waals surface area contributed by atoms with E-state index in [1.54, 1.807) is 27.7 Å². The molecule has 2 heterocycles. The van der Waals surface area contributed by atoms with Gasteiger partial charge in [0.25, 0.3) is 0 Å². The first-order valence-electron chi connectivity index (χ1n) is 9.74. The second-order valence-electron chi connectivity index (χ2n) is 8.18. The van der Waals surface area contributed by atoms with Gasteiger partial charge < -0.3 is 14.2 Å². The van der Waals surface area contributed by atoms with E-state index in [2.05, 4.69) is 0 Å². The minimum absolute atomic E-state index is 0.127. The van der Waals surface area contributed by atoms with Crippen LogP contribution in [0.1, 0.15) is 33.3 Å². The molecule has 2 aliphatic rings. The summed E-state index contributed by atoms with van der Waals surface area (Å²) in [6, 6.07) is 8.55. The van der Waals surface area contributed by atoms with Gasteiger partial charge in [-0.1, -0.05) is 30.3 Å². The van der Waals surface area contributed by atoms with Crippen molar-refractivity contribution in [3.63, 3.8) is 0 Å². The van der Waals surface area contributed by atoms with Crippen LogP contribution in [0.5, 0.6) is 0 Å². The SMILES string of the molecule is CCOC(=O)[C@@H]1[C@H]2C(=O)O[C@H](COC(=O)C(C)(C)C)[C@H]2ON1Cc1ccccc1. The van der Waals surface area contributed by atoms with Crippen LogP contribution < -0.4 is 0 Å². The van der Waals surface area contributed by atoms with Crippen molar-refractivity contribution in [1.29, 1.82) is 0 Å². The molecule has 8 heteroatoms. The third-order valence-corrected chi connectivity index (χ3v) is 4.87. The normalized spacial score (nSPS) is 26.7. The lowest BCUT2D eigenvalue weighted by atomic mass is 9.94. The number of hydroxylamine groups is 2. The quantitative estimate of drug-likeness (QED) is 0.523. The first kappa shape index (κ1) is 21.3. The lowest BCUT2D eigenvalue weighted by Gasteiger charge is -2.24. The van der Waals surface area contributed by atoms with Gasteiger partial charge in [0.15, 0.2) is 6.10 Å². The maximum atomic E-state index is 12.6. The van der Waals surface area contributed by atoms with Crippen LogP contribution in [0.15, 0.2) is 30.3 Å². The molecule has 8 nitrogen and oxygen atoms in total. The summed E-state index contributed by atoms with van der Waals surface area (Å²) in [7, 11) is 0. The topological polar surface area (TPSA) is 91.4 Å². The Morgan fingerprint density at radius 1 is 1.14 bits per heavy atom. The molecule has 0 amide bonds. The molecular weight excluding hydrogens is 378 g/mol. The summed E-state index contributed by atoms with van der Waals surface area (Å²) in [6.07, 6.45) is -1.51. The van der Waals surface area contributed by atoms with Crippen LogP contribution in [-0.2, 0) is 40.0 Å². The molecule has 0 unspecified atom stereocenters. The maximum absolute atomic E-state index is 12.6. The highest BCUT2D eigenvalue weighted by atomic mass is 16.7. The van der Waals surface area contributed by atoms with Gasteiger partial charge in [-0.25, -0.2) is 0 Å². The van der Waals surface area contributed by atoms with E-state index in [9.17, 15) is 14.4 Å². The number of rotatable bonds is 6. The van der Waals surface area contributed by atoms with Gasteiger partial charge in [-0.05, 0) is 33.3 Å². The third-order valence-electron chi connectivity index (χ3n) is 4.87. The van der Waals surface area contributed by atoms with E-state index in [1.165, 1.54) is 5.06 Å². The second kappa shape index (κ2) is 8.51. The van der Waals surface area contributed by atoms with Gasteiger partial charge in [-0.3, -0.25) is 19.2 Å². The Morgan fingerprint density at radius 3 is 2.45 bits per heavy atom. The van der Waals surface area contributed by atoms with E-state index in [4.69, 9.17) is 19.0 Å². The number of ether oxygens (including phenoxy) is 3. The summed E-state index contributed by atoms with van der Waals surface area (Å²) in [5.41, 5.74) is 0.247. The number of benzene rings is 1. The largest absolute Gasteiger partial charge is 0.465 e. The van der Waals surface area contributed by atoms with Gasteiger partial charge >= 0.3 is 17.9 Å². The Kier molecular flexibility index (Phi) is 6.24. The highest BCUT2D eigenvalue weighted by Crippen LogP contribution is 2.39. The predicted octanol–water partition coefficient (Wildman–Crippen LogP) is 1.86. The van der Waals surface area contributed by atoms with Gasteiger partial charge in [-0.2, -0.15) is 5.06 Å². The van der Waals surface area contributed by atoms with E-state index in [0.717, 1.165) is 5.56 Å². The van der Waals surface area contributed by atoms with Crippen molar-refractivity contribution in [2.45, 2.75) is 52.5 Å². The first-order valence-corrected chi connectivity index (χ1v) is 9.74. The summed E-state index contributed by atoms with van der Waals surface area (Å²) < 4.78 is 15.9. The van der Waals surface area contributed by atoms with Gasteiger partial charge in [0.2, 0.25) is 0 Å². The van der Waals surface area contributed by atoms with Gasteiger partial charge in [0, 0.05) is 0 Å². The Bertz CT molecular complexity index is 758. The zero-order valence-electron chi connectivity index (χ0n) is 17.1. The van der Waals surface area contributed by atoms with Crippen molar-refractivity contribution in [3.05, 3.63) is 35.9 Å². The van der Waals surface area contributed by atoms with E-state index >= 15 is 0 Å². The lowest BCUT2D eigenvalue weighted by Crippen LogP contribution is -2.42. The third kappa shape index (κ3) is 4.59. The molecule has 0 aliphatic carbocycles. The number of nitrogens with zero attached hydrogens (tertiary/aromatic N) is 1. The van der Waals surface area contributed by atoms with E-state index in [1.807, 2.05) is 30.3 Å². The van der Waals surface area contributed by atoms with Crippen molar-refractivity contribution in [2.24, 2.45) is 11.3 Å². The summed E-state index contributed by atoms with van der Waals surface area (Å²) >= 11 is 0. The molecule has 2 aliphatic heterocycles. The van der Waals surface area contributed by atoms with Crippen LogP contribution in [0.4, 0.5) is 0 Å². The van der Waals surface area contributed by atoms with Crippen molar-refractivity contribution in [3.8, 4) is 0 Å². The molecule has 158 valence electrons. The molecule has 0 radical (unpaired) electrons. The van der Waals surface area contributed by atoms with Crippen molar-refractivity contribution in [1.82, 2.24) is 5.06 Å². The van der Waals surface area contributed by atoms with Gasteiger partial charge in [0.05, 0.1) is 18.6 Å².